The summed E-state index contributed by atoms with van der Waals surface area (Å²) in [6, 6.07) is 15.3. The molecule has 0 spiro atoms. The fourth-order valence-corrected chi connectivity index (χ4v) is 4.62. The molecule has 0 heterocycles. The number of carbonyl (C=O) groups is 1. The monoisotopic (exact) mass is 415 g/mol. The highest BCUT2D eigenvalue weighted by Gasteiger charge is 2.31. The second-order valence-electron chi connectivity index (χ2n) is 6.33. The normalized spacial score (nSPS) is 10.8. The first-order valence-electron chi connectivity index (χ1n) is 9.22. The van der Waals surface area contributed by atoms with Gasteiger partial charge in [0, 0.05) is 13.1 Å². The van der Waals surface area contributed by atoms with Crippen molar-refractivity contribution in [1.29, 1.82) is 5.26 Å². The predicted molar refractivity (Wildman–Crippen MR) is 111 cm³/mol. The van der Waals surface area contributed by atoms with Crippen LogP contribution in [0, 0.1) is 18.3 Å². The number of benzene rings is 2. The molecule has 2 rings (SSSR count). The van der Waals surface area contributed by atoms with Crippen molar-refractivity contribution in [3.05, 3.63) is 54.1 Å². The standard InChI is InChI=1S/C21H25N3O4S/c1-4-23(15-9-14-22)21(25)16-24(18-11-6-7-12-19(18)28-3)29(26,27)20-13-8-5-10-17(20)2/h5-8,10-13H,4,9,15-16H2,1-3H3. The summed E-state index contributed by atoms with van der Waals surface area (Å²) in [4.78, 5) is 14.5. The summed E-state index contributed by atoms with van der Waals surface area (Å²) in [6.07, 6.45) is 0.179. The lowest BCUT2D eigenvalue weighted by atomic mass is 10.2. The molecule has 0 fully saturated rings. The Morgan fingerprint density at radius 1 is 1.14 bits per heavy atom. The molecule has 0 aliphatic carbocycles. The minimum atomic E-state index is -4.03. The van der Waals surface area contributed by atoms with Crippen molar-refractivity contribution in [2.45, 2.75) is 25.2 Å². The van der Waals surface area contributed by atoms with Crippen molar-refractivity contribution >= 4 is 21.6 Å². The lowest BCUT2D eigenvalue weighted by molar-refractivity contribution is -0.129. The van der Waals surface area contributed by atoms with Gasteiger partial charge in [0.05, 0.1) is 30.2 Å². The fourth-order valence-electron chi connectivity index (χ4n) is 2.97. The van der Waals surface area contributed by atoms with E-state index >= 15 is 0 Å². The average Bonchev–Trinajstić information content (AvgIpc) is 2.72. The van der Waals surface area contributed by atoms with E-state index in [0.29, 0.717) is 17.9 Å². The number of nitriles is 1. The molecule has 0 N–H and O–H groups in total. The maximum absolute atomic E-state index is 13.5. The van der Waals surface area contributed by atoms with Gasteiger partial charge in [-0.05, 0) is 37.6 Å². The zero-order valence-corrected chi connectivity index (χ0v) is 17.6. The van der Waals surface area contributed by atoms with Gasteiger partial charge in [-0.3, -0.25) is 9.10 Å². The van der Waals surface area contributed by atoms with Crippen LogP contribution in [-0.4, -0.2) is 46.0 Å². The Kier molecular flexibility index (Phi) is 7.62. The second-order valence-corrected chi connectivity index (χ2v) is 8.16. The minimum Gasteiger partial charge on any atom is -0.495 e. The zero-order valence-electron chi connectivity index (χ0n) is 16.8. The molecule has 0 aromatic heterocycles. The Bertz CT molecular complexity index is 999. The largest absolute Gasteiger partial charge is 0.495 e. The number of methoxy groups -OCH3 is 1. The highest BCUT2D eigenvalue weighted by molar-refractivity contribution is 7.93. The van der Waals surface area contributed by atoms with Crippen LogP contribution in [0.3, 0.4) is 0 Å². The van der Waals surface area contributed by atoms with Crippen molar-refractivity contribution in [1.82, 2.24) is 4.90 Å². The second kappa shape index (κ2) is 9.94. The minimum absolute atomic E-state index is 0.124. The summed E-state index contributed by atoms with van der Waals surface area (Å²) < 4.78 is 33.5. The molecule has 1 amide bonds. The van der Waals surface area contributed by atoms with Crippen LogP contribution in [0.5, 0.6) is 5.75 Å². The number of likely N-dealkylation sites (N-methyl/N-ethyl adjacent to an activating group) is 1. The van der Waals surface area contributed by atoms with Crippen molar-refractivity contribution in [3.8, 4) is 11.8 Å². The molecule has 154 valence electrons. The number of para-hydroxylation sites is 2. The van der Waals surface area contributed by atoms with Gasteiger partial charge in [0.15, 0.2) is 0 Å². The molecule has 0 saturated carbocycles. The van der Waals surface area contributed by atoms with E-state index in [1.54, 1.807) is 56.3 Å². The number of nitrogens with zero attached hydrogens (tertiary/aromatic N) is 3. The van der Waals surface area contributed by atoms with E-state index in [9.17, 15) is 13.2 Å². The van der Waals surface area contributed by atoms with Crippen molar-refractivity contribution in [3.63, 3.8) is 0 Å². The Morgan fingerprint density at radius 3 is 2.41 bits per heavy atom. The maximum Gasteiger partial charge on any atom is 0.265 e. The van der Waals surface area contributed by atoms with Crippen LogP contribution in [0.25, 0.3) is 0 Å². The number of aryl methyl sites for hydroxylation is 1. The maximum atomic E-state index is 13.5. The summed E-state index contributed by atoms with van der Waals surface area (Å²) >= 11 is 0. The van der Waals surface area contributed by atoms with E-state index in [1.165, 1.54) is 18.1 Å². The molecular weight excluding hydrogens is 390 g/mol. The van der Waals surface area contributed by atoms with E-state index in [1.807, 2.05) is 6.07 Å². The number of amides is 1. The van der Waals surface area contributed by atoms with E-state index in [2.05, 4.69) is 0 Å². The van der Waals surface area contributed by atoms with Crippen LogP contribution in [0.2, 0.25) is 0 Å². The summed E-state index contributed by atoms with van der Waals surface area (Å²) in [5.74, 6) is -0.0386. The molecule has 0 aliphatic heterocycles. The molecule has 8 heteroatoms. The van der Waals surface area contributed by atoms with E-state index in [4.69, 9.17) is 10.00 Å². The van der Waals surface area contributed by atoms with Gasteiger partial charge in [0.2, 0.25) is 5.91 Å². The van der Waals surface area contributed by atoms with Gasteiger partial charge in [-0.2, -0.15) is 5.26 Å². The number of hydrogen-bond donors (Lipinski definition) is 0. The molecular formula is C21H25N3O4S. The molecule has 0 unspecified atom stereocenters. The third-order valence-electron chi connectivity index (χ3n) is 4.52. The van der Waals surface area contributed by atoms with Crippen LogP contribution in [0.4, 0.5) is 5.69 Å². The number of hydrogen-bond acceptors (Lipinski definition) is 5. The van der Waals surface area contributed by atoms with Gasteiger partial charge in [0.25, 0.3) is 10.0 Å². The molecule has 0 aliphatic rings. The molecule has 7 nitrogen and oxygen atoms in total. The van der Waals surface area contributed by atoms with Crippen molar-refractivity contribution < 1.29 is 17.9 Å². The molecule has 2 aromatic carbocycles. The molecule has 29 heavy (non-hydrogen) atoms. The smallest absolute Gasteiger partial charge is 0.265 e. The number of sulfonamides is 1. The highest BCUT2D eigenvalue weighted by atomic mass is 32.2. The highest BCUT2D eigenvalue weighted by Crippen LogP contribution is 2.33. The van der Waals surface area contributed by atoms with Gasteiger partial charge in [-0.15, -0.1) is 0 Å². The third-order valence-corrected chi connectivity index (χ3v) is 6.44. The van der Waals surface area contributed by atoms with Crippen molar-refractivity contribution in [2.75, 3.05) is 31.0 Å². The Balaban J connectivity index is 2.54. The average molecular weight is 416 g/mol. The Hall–Kier alpha value is -3.05. The molecule has 0 radical (unpaired) electrons. The molecule has 0 atom stereocenters. The summed E-state index contributed by atoms with van der Waals surface area (Å²) in [6.45, 7) is 3.73. The van der Waals surface area contributed by atoms with Gasteiger partial charge in [0.1, 0.15) is 12.3 Å². The summed E-state index contributed by atoms with van der Waals surface area (Å²) in [7, 11) is -2.58. The zero-order chi connectivity index (χ0) is 21.4. The molecule has 2 aromatic rings. The molecule has 0 bridgehead atoms. The third kappa shape index (κ3) is 5.06. The Morgan fingerprint density at radius 2 is 1.79 bits per heavy atom. The van der Waals surface area contributed by atoms with E-state index < -0.39 is 16.6 Å². The van der Waals surface area contributed by atoms with Crippen LogP contribution in [0.15, 0.2) is 53.4 Å². The Labute approximate surface area is 172 Å². The SMILES string of the molecule is CCN(CCC#N)C(=O)CN(c1ccccc1OC)S(=O)(=O)c1ccccc1C. The molecule has 0 saturated heterocycles. The lowest BCUT2D eigenvalue weighted by Gasteiger charge is -2.29. The van der Waals surface area contributed by atoms with Crippen LogP contribution < -0.4 is 9.04 Å². The van der Waals surface area contributed by atoms with E-state index in [-0.39, 0.29) is 29.5 Å². The lowest BCUT2D eigenvalue weighted by Crippen LogP contribution is -2.43. The van der Waals surface area contributed by atoms with Crippen LogP contribution >= 0.6 is 0 Å². The van der Waals surface area contributed by atoms with Gasteiger partial charge in [-0.25, -0.2) is 8.42 Å². The first-order chi connectivity index (χ1) is 13.9. The first-order valence-corrected chi connectivity index (χ1v) is 10.7. The number of anilines is 1. The number of ether oxygens (including phenoxy) is 1. The summed E-state index contributed by atoms with van der Waals surface area (Å²) in [5.41, 5.74) is 0.861. The topological polar surface area (TPSA) is 90.7 Å². The van der Waals surface area contributed by atoms with Gasteiger partial charge < -0.3 is 9.64 Å². The van der Waals surface area contributed by atoms with Gasteiger partial charge >= 0.3 is 0 Å². The van der Waals surface area contributed by atoms with Crippen LogP contribution in [-0.2, 0) is 14.8 Å². The summed E-state index contributed by atoms with van der Waals surface area (Å²) in [5, 5.41) is 8.82. The number of carbonyl (C=O) groups excluding carboxylic acids is 1. The fraction of sp³-hybridized carbons (Fsp3) is 0.333. The quantitative estimate of drug-likeness (QED) is 0.628. The van der Waals surface area contributed by atoms with Gasteiger partial charge in [-0.1, -0.05) is 30.3 Å². The van der Waals surface area contributed by atoms with E-state index in [0.717, 1.165) is 4.31 Å². The predicted octanol–water partition coefficient (Wildman–Crippen LogP) is 2.96. The number of rotatable bonds is 9. The first kappa shape index (κ1) is 22.2. The van der Waals surface area contributed by atoms with Crippen molar-refractivity contribution in [2.24, 2.45) is 0 Å². The van der Waals surface area contributed by atoms with Crippen LogP contribution in [0.1, 0.15) is 18.9 Å².